The molecule has 0 amide bonds. The van der Waals surface area contributed by atoms with Gasteiger partial charge in [0, 0.05) is 19.0 Å². The van der Waals surface area contributed by atoms with Gasteiger partial charge in [0.05, 0.1) is 19.6 Å². The van der Waals surface area contributed by atoms with Gasteiger partial charge in [-0.15, -0.1) is 0 Å². The highest BCUT2D eigenvalue weighted by molar-refractivity contribution is 5.73. The predicted octanol–water partition coefficient (Wildman–Crippen LogP) is 1.19. The average Bonchev–Trinajstić information content (AvgIpc) is 3.05. The summed E-state index contributed by atoms with van der Waals surface area (Å²) in [6.07, 6.45) is 2.34. The molecule has 1 aromatic rings. The van der Waals surface area contributed by atoms with Crippen molar-refractivity contribution in [2.24, 2.45) is 11.8 Å². The Labute approximate surface area is 112 Å². The number of carbonyl (C=O) groups excluding carboxylic acids is 1. The maximum Gasteiger partial charge on any atom is 0.310 e. The molecule has 0 bridgehead atoms. The molecule has 0 aromatic carbocycles. The van der Waals surface area contributed by atoms with Crippen molar-refractivity contribution in [1.29, 1.82) is 0 Å². The van der Waals surface area contributed by atoms with Crippen LogP contribution >= 0.6 is 0 Å². The first-order valence-corrected chi connectivity index (χ1v) is 6.80. The highest BCUT2D eigenvalue weighted by Crippen LogP contribution is 2.38. The molecule has 104 valence electrons. The lowest BCUT2D eigenvalue weighted by Crippen LogP contribution is -2.24. The largest absolute Gasteiger partial charge is 0.469 e. The Bertz CT molecular complexity index is 469. The molecule has 1 saturated heterocycles. The van der Waals surface area contributed by atoms with E-state index in [1.807, 2.05) is 0 Å². The topological polar surface area (TPSA) is 68.5 Å². The van der Waals surface area contributed by atoms with Crippen LogP contribution in [0.1, 0.15) is 37.4 Å². The van der Waals surface area contributed by atoms with Gasteiger partial charge in [-0.1, -0.05) is 12.1 Å². The van der Waals surface area contributed by atoms with Gasteiger partial charge >= 0.3 is 5.97 Å². The van der Waals surface area contributed by atoms with E-state index in [9.17, 15) is 4.79 Å². The smallest absolute Gasteiger partial charge is 0.310 e. The molecule has 2 atom stereocenters. The second kappa shape index (κ2) is 4.92. The first-order valence-electron chi connectivity index (χ1n) is 6.80. The molecular weight excluding hydrogens is 246 g/mol. The molecule has 6 nitrogen and oxygen atoms in total. The Hall–Kier alpha value is -1.43. The quantitative estimate of drug-likeness (QED) is 0.762. The summed E-state index contributed by atoms with van der Waals surface area (Å²) in [5.41, 5.74) is 0. The Morgan fingerprint density at radius 1 is 1.47 bits per heavy atom. The third kappa shape index (κ3) is 2.63. The average molecular weight is 265 g/mol. The number of likely N-dealkylation sites (tertiary alicyclic amines) is 1. The van der Waals surface area contributed by atoms with Gasteiger partial charge in [0.2, 0.25) is 5.89 Å². The number of rotatable bonds is 4. The molecule has 0 N–H and O–H groups in total. The minimum absolute atomic E-state index is 0.0455. The third-order valence-corrected chi connectivity index (χ3v) is 3.98. The number of hydrogen-bond donors (Lipinski definition) is 0. The molecule has 1 aromatic heterocycles. The summed E-state index contributed by atoms with van der Waals surface area (Å²) in [5, 5.41) is 4.01. The van der Waals surface area contributed by atoms with Crippen LogP contribution < -0.4 is 0 Å². The van der Waals surface area contributed by atoms with E-state index in [-0.39, 0.29) is 11.9 Å². The summed E-state index contributed by atoms with van der Waals surface area (Å²) in [6.45, 7) is 4.26. The molecule has 0 spiro atoms. The van der Waals surface area contributed by atoms with E-state index in [2.05, 4.69) is 22.0 Å². The van der Waals surface area contributed by atoms with Crippen LogP contribution in [0.15, 0.2) is 4.52 Å². The first-order chi connectivity index (χ1) is 9.17. The number of aromatic nitrogens is 2. The molecule has 2 heterocycles. The summed E-state index contributed by atoms with van der Waals surface area (Å²) in [4.78, 5) is 18.2. The predicted molar refractivity (Wildman–Crippen MR) is 66.2 cm³/mol. The Kier molecular flexibility index (Phi) is 3.26. The molecule has 2 unspecified atom stereocenters. The number of esters is 1. The molecular formula is C13H19N3O3. The third-order valence-electron chi connectivity index (χ3n) is 3.98. The maximum absolute atomic E-state index is 11.6. The molecule has 2 fully saturated rings. The van der Waals surface area contributed by atoms with Gasteiger partial charge in [0.15, 0.2) is 5.82 Å². The van der Waals surface area contributed by atoms with Gasteiger partial charge < -0.3 is 9.26 Å². The molecule has 1 saturated carbocycles. The van der Waals surface area contributed by atoms with Crippen molar-refractivity contribution in [3.8, 4) is 0 Å². The van der Waals surface area contributed by atoms with Gasteiger partial charge in [-0.3, -0.25) is 9.69 Å². The molecule has 19 heavy (non-hydrogen) atoms. The zero-order valence-electron chi connectivity index (χ0n) is 11.3. The van der Waals surface area contributed by atoms with Gasteiger partial charge in [0.1, 0.15) is 0 Å². The second-order valence-electron chi connectivity index (χ2n) is 5.62. The van der Waals surface area contributed by atoms with E-state index in [0.29, 0.717) is 30.8 Å². The van der Waals surface area contributed by atoms with Gasteiger partial charge in [-0.05, 0) is 18.8 Å². The normalized spacial score (nSPS) is 27.7. The lowest BCUT2D eigenvalue weighted by atomic mass is 9.99. The minimum Gasteiger partial charge on any atom is -0.469 e. The minimum atomic E-state index is -0.126. The zero-order valence-corrected chi connectivity index (χ0v) is 11.3. The Balaban J connectivity index is 1.59. The van der Waals surface area contributed by atoms with E-state index in [1.54, 1.807) is 0 Å². The highest BCUT2D eigenvalue weighted by Gasteiger charge is 2.36. The lowest BCUT2D eigenvalue weighted by Gasteiger charge is -2.12. The van der Waals surface area contributed by atoms with E-state index in [1.165, 1.54) is 20.0 Å². The number of carbonyl (C=O) groups is 1. The van der Waals surface area contributed by atoms with E-state index >= 15 is 0 Å². The fourth-order valence-electron chi connectivity index (χ4n) is 2.69. The summed E-state index contributed by atoms with van der Waals surface area (Å²) < 4.78 is 10.1. The van der Waals surface area contributed by atoms with Crippen LogP contribution in [0, 0.1) is 11.8 Å². The van der Waals surface area contributed by atoms with E-state index in [0.717, 1.165) is 12.4 Å². The fourth-order valence-corrected chi connectivity index (χ4v) is 2.69. The van der Waals surface area contributed by atoms with Crippen LogP contribution in [0.3, 0.4) is 0 Å². The standard InChI is InChI=1S/C13H19N3O3/c1-8-5-16(6-10(8)13(17)18-2)7-11-14-12(15-19-11)9-3-4-9/h8-10H,3-7H2,1-2H3. The molecule has 0 radical (unpaired) electrons. The monoisotopic (exact) mass is 265 g/mol. The molecule has 6 heteroatoms. The van der Waals surface area contributed by atoms with Gasteiger partial charge in [-0.25, -0.2) is 0 Å². The second-order valence-corrected chi connectivity index (χ2v) is 5.62. The summed E-state index contributed by atoms with van der Waals surface area (Å²) in [6, 6.07) is 0. The van der Waals surface area contributed by atoms with Crippen LogP contribution in [0.4, 0.5) is 0 Å². The van der Waals surface area contributed by atoms with Crippen molar-refractivity contribution >= 4 is 5.97 Å². The van der Waals surface area contributed by atoms with Crippen LogP contribution in [-0.2, 0) is 16.1 Å². The van der Waals surface area contributed by atoms with Crippen molar-refractivity contribution < 1.29 is 14.1 Å². The SMILES string of the molecule is COC(=O)C1CN(Cc2nc(C3CC3)no2)CC1C. The maximum atomic E-state index is 11.6. The number of methoxy groups -OCH3 is 1. The van der Waals surface area contributed by atoms with Crippen LogP contribution in [0.5, 0.6) is 0 Å². The van der Waals surface area contributed by atoms with Crippen molar-refractivity contribution in [1.82, 2.24) is 15.0 Å². The molecule has 2 aliphatic rings. The number of hydrogen-bond acceptors (Lipinski definition) is 6. The lowest BCUT2D eigenvalue weighted by molar-refractivity contribution is -0.146. The zero-order chi connectivity index (χ0) is 13.4. The first kappa shape index (κ1) is 12.6. The Morgan fingerprint density at radius 2 is 2.26 bits per heavy atom. The fraction of sp³-hybridized carbons (Fsp3) is 0.769. The van der Waals surface area contributed by atoms with Crippen molar-refractivity contribution in [3.63, 3.8) is 0 Å². The Morgan fingerprint density at radius 3 is 2.95 bits per heavy atom. The summed E-state index contributed by atoms with van der Waals surface area (Å²) in [5.74, 6) is 2.14. The number of nitrogens with zero attached hydrogens (tertiary/aromatic N) is 3. The van der Waals surface area contributed by atoms with E-state index < -0.39 is 0 Å². The molecule has 3 rings (SSSR count). The van der Waals surface area contributed by atoms with Crippen molar-refractivity contribution in [2.45, 2.75) is 32.2 Å². The van der Waals surface area contributed by atoms with Gasteiger partial charge in [0.25, 0.3) is 0 Å². The van der Waals surface area contributed by atoms with Crippen molar-refractivity contribution in [3.05, 3.63) is 11.7 Å². The summed E-state index contributed by atoms with van der Waals surface area (Å²) in [7, 11) is 1.44. The molecule has 1 aliphatic heterocycles. The summed E-state index contributed by atoms with van der Waals surface area (Å²) >= 11 is 0. The van der Waals surface area contributed by atoms with Crippen LogP contribution in [0.25, 0.3) is 0 Å². The number of ether oxygens (including phenoxy) is 1. The van der Waals surface area contributed by atoms with Crippen LogP contribution in [-0.4, -0.2) is 41.2 Å². The van der Waals surface area contributed by atoms with E-state index in [4.69, 9.17) is 9.26 Å². The van der Waals surface area contributed by atoms with Gasteiger partial charge in [-0.2, -0.15) is 4.98 Å². The molecule has 1 aliphatic carbocycles. The van der Waals surface area contributed by atoms with Crippen LogP contribution in [0.2, 0.25) is 0 Å². The highest BCUT2D eigenvalue weighted by atomic mass is 16.5. The van der Waals surface area contributed by atoms with Crippen molar-refractivity contribution in [2.75, 3.05) is 20.2 Å².